The van der Waals surface area contributed by atoms with Gasteiger partial charge in [-0.15, -0.1) is 0 Å². The van der Waals surface area contributed by atoms with Crippen molar-refractivity contribution < 1.29 is 71.9 Å². The summed E-state index contributed by atoms with van der Waals surface area (Å²) in [6.07, 6.45) is 0. The predicted molar refractivity (Wildman–Crippen MR) is 32.1 cm³/mol. The van der Waals surface area contributed by atoms with Gasteiger partial charge >= 0.3 is 0 Å². The van der Waals surface area contributed by atoms with Crippen LogP contribution in [0.2, 0.25) is 0 Å². The van der Waals surface area contributed by atoms with Crippen LogP contribution in [0.5, 0.6) is 0 Å². The molecule has 8 nitrogen and oxygen atoms in total. The standard InChI is InChI=1S/4CH2O2.Pa/c4*2-1-3;/h4*1H,(H,2,3);/p-1. The van der Waals surface area contributed by atoms with Crippen molar-refractivity contribution in [2.24, 2.45) is 0 Å². The van der Waals surface area contributed by atoms with Crippen LogP contribution in [0.4, 0.5) is 0 Å². The summed E-state index contributed by atoms with van der Waals surface area (Å²) in [5.74, 6) is 0. The maximum atomic E-state index is 8.36. The van der Waals surface area contributed by atoms with Gasteiger partial charge in [-0.2, -0.15) is 0 Å². The molecule has 0 aromatic heterocycles. The van der Waals surface area contributed by atoms with Crippen molar-refractivity contribution in [2.45, 2.75) is 0 Å². The number of carboxylic acid groups (broad SMARTS) is 4. The molecule has 0 amide bonds. The van der Waals surface area contributed by atoms with E-state index in [0.29, 0.717) is 0 Å². The van der Waals surface area contributed by atoms with Gasteiger partial charge in [-0.05, 0) is 0 Å². The van der Waals surface area contributed by atoms with Crippen LogP contribution in [0.1, 0.15) is 0 Å². The molecule has 0 atom stereocenters. The first-order chi connectivity index (χ1) is 5.66. The Morgan fingerprint density at radius 1 is 0.769 bits per heavy atom. The van der Waals surface area contributed by atoms with Crippen molar-refractivity contribution >= 4 is 25.9 Å². The van der Waals surface area contributed by atoms with Crippen molar-refractivity contribution in [1.82, 2.24) is 0 Å². The number of carbonyl (C=O) groups is 4. The van der Waals surface area contributed by atoms with Gasteiger partial charge in [0.2, 0.25) is 0 Å². The summed E-state index contributed by atoms with van der Waals surface area (Å²) in [6, 6.07) is 0. The monoisotopic (exact) mass is 414 g/mol. The maximum Gasteiger partial charge on any atom is 0.290 e. The minimum Gasteiger partial charge on any atom is -0.554 e. The number of carbonyl (C=O) groups excluding carboxylic acids is 1. The molecule has 0 spiro atoms. The Morgan fingerprint density at radius 3 is 0.769 bits per heavy atom. The van der Waals surface area contributed by atoms with Gasteiger partial charge in [0, 0.05) is 38.8 Å². The van der Waals surface area contributed by atoms with Gasteiger partial charge in [0.1, 0.15) is 0 Å². The molecule has 0 fully saturated rings. The fourth-order valence-corrected chi connectivity index (χ4v) is 0. The molecule has 9 heteroatoms. The Labute approximate surface area is 97.7 Å². The van der Waals surface area contributed by atoms with Crippen molar-refractivity contribution in [3.8, 4) is 0 Å². The van der Waals surface area contributed by atoms with Crippen LogP contribution in [-0.2, 0) is 19.2 Å². The van der Waals surface area contributed by atoms with Crippen molar-refractivity contribution in [3.63, 3.8) is 0 Å². The van der Waals surface area contributed by atoms with E-state index in [1.165, 1.54) is 0 Å². The molecule has 0 unspecified atom stereocenters. The molecule has 0 saturated heterocycles. The average Bonchev–Trinajstić information content (AvgIpc) is 1.92. The molecule has 0 bridgehead atoms. The first-order valence-electron chi connectivity index (χ1n) is 1.95. The Kier molecular flexibility index (Phi) is 282. The van der Waals surface area contributed by atoms with Crippen LogP contribution in [0, 0.1) is 32.3 Å². The quantitative estimate of drug-likeness (QED) is 0.367. The number of hydrogen-bond acceptors (Lipinski definition) is 5. The molecule has 75 valence electrons. The third kappa shape index (κ3) is 834. The summed E-state index contributed by atoms with van der Waals surface area (Å²) >= 11 is 0. The zero-order valence-corrected chi connectivity index (χ0v) is 11.1. The smallest absolute Gasteiger partial charge is 0.290 e. The Bertz CT molecular complexity index is 70.1. The Hall–Kier alpha value is -1.03. The van der Waals surface area contributed by atoms with E-state index in [9.17, 15) is 0 Å². The minimum absolute atomic E-state index is 0. The molecule has 3 N–H and O–H groups in total. The molecular weight excluding hydrogens is 407 g/mol. The van der Waals surface area contributed by atoms with Gasteiger partial charge in [-0.1, -0.05) is 0 Å². The molecule has 0 aliphatic carbocycles. The van der Waals surface area contributed by atoms with Crippen LogP contribution >= 0.6 is 0 Å². The topological polar surface area (TPSA) is 152 Å². The van der Waals surface area contributed by atoms with Crippen LogP contribution < -0.4 is 5.11 Å². The fraction of sp³-hybridized carbons (Fsp3) is 0. The second-order valence-corrected chi connectivity index (χ2v) is 0.412. The van der Waals surface area contributed by atoms with Gasteiger partial charge in [0.25, 0.3) is 19.4 Å². The second kappa shape index (κ2) is 124. The van der Waals surface area contributed by atoms with E-state index in [4.69, 9.17) is 39.6 Å². The molecule has 1 radical (unpaired) electrons. The molecule has 0 aliphatic rings. The molecule has 0 aliphatic heterocycles. The normalized spacial score (nSPS) is 3.69. The van der Waals surface area contributed by atoms with Crippen LogP contribution in [0.25, 0.3) is 0 Å². The molecule has 13 heavy (non-hydrogen) atoms. The largest absolute Gasteiger partial charge is 0.554 e. The van der Waals surface area contributed by atoms with E-state index in [0.717, 1.165) is 0 Å². The van der Waals surface area contributed by atoms with Crippen LogP contribution in [-0.4, -0.2) is 41.2 Å². The fourth-order valence-electron chi connectivity index (χ4n) is 0. The van der Waals surface area contributed by atoms with Gasteiger partial charge < -0.3 is 25.2 Å². The van der Waals surface area contributed by atoms with Crippen molar-refractivity contribution in [1.29, 1.82) is 0 Å². The van der Waals surface area contributed by atoms with Crippen molar-refractivity contribution in [2.75, 3.05) is 0 Å². The third-order valence-electron chi connectivity index (χ3n) is 0. The van der Waals surface area contributed by atoms with Crippen LogP contribution in [0.3, 0.4) is 0 Å². The van der Waals surface area contributed by atoms with E-state index < -0.39 is 6.47 Å². The summed E-state index contributed by atoms with van der Waals surface area (Å²) < 4.78 is 0. The summed E-state index contributed by atoms with van der Waals surface area (Å²) in [5.41, 5.74) is 0. The molecule has 0 heterocycles. The zero-order chi connectivity index (χ0) is 10.8. The summed E-state index contributed by atoms with van der Waals surface area (Å²) in [5, 5.41) is 28.9. The average molecular weight is 414 g/mol. The number of hydrogen-bond donors (Lipinski definition) is 3. The predicted octanol–water partition coefficient (Wildman–Crippen LogP) is -2.53. The van der Waals surface area contributed by atoms with E-state index >= 15 is 0 Å². The van der Waals surface area contributed by atoms with E-state index in [1.807, 2.05) is 0 Å². The summed E-state index contributed by atoms with van der Waals surface area (Å²) in [7, 11) is 0. The summed E-state index contributed by atoms with van der Waals surface area (Å²) in [6.45, 7) is -1.25. The maximum absolute atomic E-state index is 8.36. The zero-order valence-electron chi connectivity index (χ0n) is 6.27. The van der Waals surface area contributed by atoms with E-state index in [-0.39, 0.29) is 51.7 Å². The molecule has 0 aromatic carbocycles. The Morgan fingerprint density at radius 2 is 0.769 bits per heavy atom. The Balaban J connectivity index is -0.0000000213. The van der Waals surface area contributed by atoms with Gasteiger partial charge in [-0.3, -0.25) is 14.4 Å². The first-order valence-corrected chi connectivity index (χ1v) is 1.95. The number of rotatable bonds is 0. The van der Waals surface area contributed by atoms with E-state index in [1.54, 1.807) is 0 Å². The van der Waals surface area contributed by atoms with Crippen molar-refractivity contribution in [3.05, 3.63) is 0 Å². The van der Waals surface area contributed by atoms with Gasteiger partial charge in [-0.25, -0.2) is 0 Å². The minimum atomic E-state index is -0.500. The third-order valence-corrected chi connectivity index (χ3v) is 0. The van der Waals surface area contributed by atoms with Gasteiger partial charge in [0.15, 0.2) is 0 Å². The van der Waals surface area contributed by atoms with E-state index in [2.05, 4.69) is 0 Å². The van der Waals surface area contributed by atoms with Gasteiger partial charge in [0.05, 0.1) is 0 Å². The summed E-state index contributed by atoms with van der Waals surface area (Å²) in [4.78, 5) is 33.3. The molecule has 0 aromatic rings. The van der Waals surface area contributed by atoms with Crippen LogP contribution in [0.15, 0.2) is 0 Å². The molecular formula is C4H7O8Pa-. The SMILES string of the molecule is O=CO.O=CO.O=CO.O=C[O-].[Pa]. The molecule has 0 saturated carbocycles. The first kappa shape index (κ1) is 29.7. The molecule has 0 rings (SSSR count). The second-order valence-electron chi connectivity index (χ2n) is 0.412.